The summed E-state index contributed by atoms with van der Waals surface area (Å²) in [6.07, 6.45) is 0.445. The van der Waals surface area contributed by atoms with Gasteiger partial charge in [-0.1, -0.05) is 5.16 Å². The maximum Gasteiger partial charge on any atom is 0.274 e. The number of aromatic nitrogens is 2. The van der Waals surface area contributed by atoms with Crippen molar-refractivity contribution in [3.8, 4) is 22.9 Å². The number of hydrazone groups is 1. The van der Waals surface area contributed by atoms with E-state index in [2.05, 4.69) is 20.6 Å². The number of nitrogens with zero attached hydrogens (tertiary/aromatic N) is 4. The zero-order valence-corrected chi connectivity index (χ0v) is 17.5. The molecule has 1 N–H and O–H groups in total. The molecule has 0 aliphatic carbocycles. The number of halogens is 1. The number of ether oxygens (including phenoxy) is 2. The van der Waals surface area contributed by atoms with E-state index in [9.17, 15) is 14.0 Å². The molecule has 2 aliphatic heterocycles. The topological polar surface area (TPSA) is 119 Å². The van der Waals surface area contributed by atoms with Crippen molar-refractivity contribution in [1.82, 2.24) is 15.1 Å². The summed E-state index contributed by atoms with van der Waals surface area (Å²) in [5.41, 5.74) is 2.10. The molecule has 2 aromatic carbocycles. The molecule has 0 saturated heterocycles. The number of fused-ring (bicyclic) bond motifs is 1. The highest BCUT2D eigenvalue weighted by Gasteiger charge is 2.27. The van der Waals surface area contributed by atoms with E-state index in [1.165, 1.54) is 18.2 Å². The predicted octanol–water partition coefficient (Wildman–Crippen LogP) is 2.88. The van der Waals surface area contributed by atoms with Gasteiger partial charge in [0.15, 0.2) is 11.5 Å². The van der Waals surface area contributed by atoms with Crippen molar-refractivity contribution in [2.45, 2.75) is 19.8 Å². The smallest absolute Gasteiger partial charge is 0.274 e. The van der Waals surface area contributed by atoms with E-state index in [0.717, 1.165) is 5.01 Å². The lowest BCUT2D eigenvalue weighted by Gasteiger charge is -2.22. The van der Waals surface area contributed by atoms with Gasteiger partial charge in [-0.05, 0) is 48.9 Å². The lowest BCUT2D eigenvalue weighted by Crippen LogP contribution is -2.38. The van der Waals surface area contributed by atoms with Gasteiger partial charge in [0.05, 0.1) is 0 Å². The Morgan fingerprint density at radius 1 is 1.15 bits per heavy atom. The van der Waals surface area contributed by atoms with Gasteiger partial charge in [-0.2, -0.15) is 10.1 Å². The zero-order chi connectivity index (χ0) is 22.9. The first-order valence-corrected chi connectivity index (χ1v) is 10.1. The molecule has 11 heteroatoms. The number of rotatable bonds is 5. The Morgan fingerprint density at radius 2 is 2.00 bits per heavy atom. The second kappa shape index (κ2) is 8.34. The molecule has 0 fully saturated rings. The van der Waals surface area contributed by atoms with Crippen LogP contribution in [-0.2, 0) is 9.59 Å². The Balaban J connectivity index is 1.31. The van der Waals surface area contributed by atoms with Crippen LogP contribution >= 0.6 is 0 Å². The second-order valence-electron chi connectivity index (χ2n) is 7.50. The molecule has 0 bridgehead atoms. The van der Waals surface area contributed by atoms with Crippen molar-refractivity contribution in [3.63, 3.8) is 0 Å². The van der Waals surface area contributed by atoms with E-state index >= 15 is 0 Å². The number of hydrogen-bond acceptors (Lipinski definition) is 8. The number of benzene rings is 2. The van der Waals surface area contributed by atoms with E-state index < -0.39 is 11.7 Å². The van der Waals surface area contributed by atoms with Crippen LogP contribution in [0.5, 0.6) is 11.5 Å². The molecule has 1 aromatic heterocycles. The average molecular weight is 451 g/mol. The molecule has 10 nitrogen and oxygen atoms in total. The molecule has 0 radical (unpaired) electrons. The fraction of sp³-hybridized carbons (Fsp3) is 0.227. The fourth-order valence-corrected chi connectivity index (χ4v) is 3.47. The number of carbonyl (C=O) groups excluding carboxylic acids is 2. The van der Waals surface area contributed by atoms with Gasteiger partial charge in [-0.25, -0.2) is 9.40 Å². The molecule has 0 spiro atoms. The number of nitrogens with one attached hydrogen (secondary N) is 1. The van der Waals surface area contributed by atoms with E-state index in [1.54, 1.807) is 25.1 Å². The van der Waals surface area contributed by atoms with Crippen molar-refractivity contribution in [2.75, 3.05) is 18.7 Å². The summed E-state index contributed by atoms with van der Waals surface area (Å²) in [4.78, 5) is 29.1. The molecular formula is C22H18FN5O5. The third-order valence-corrected chi connectivity index (χ3v) is 5.16. The van der Waals surface area contributed by atoms with E-state index in [1.807, 2.05) is 0 Å². The fourth-order valence-electron chi connectivity index (χ4n) is 3.47. The van der Waals surface area contributed by atoms with Gasteiger partial charge in [-0.3, -0.25) is 9.59 Å². The largest absolute Gasteiger partial charge is 0.454 e. The Bertz CT molecular complexity index is 1290. The molecule has 33 heavy (non-hydrogen) atoms. The predicted molar refractivity (Wildman–Crippen MR) is 113 cm³/mol. The minimum absolute atomic E-state index is 0.142. The van der Waals surface area contributed by atoms with Crippen LogP contribution in [0.4, 0.5) is 10.1 Å². The zero-order valence-electron chi connectivity index (χ0n) is 17.5. The summed E-state index contributed by atoms with van der Waals surface area (Å²) in [7, 11) is 0. The van der Waals surface area contributed by atoms with Crippen molar-refractivity contribution in [1.29, 1.82) is 0 Å². The standard InChI is InChI=1S/C22H18FN5O5/c1-12-8-14(23)3-4-15(12)24-19(29)10-28-20(30)7-5-16(26-28)22-25-21(27-33-22)13-2-6-17-18(9-13)32-11-31-17/h2-4,6,8-9H,5,7,10-11H2,1H3,(H,24,29). The normalized spacial score (nSPS) is 14.9. The molecule has 168 valence electrons. The van der Waals surface area contributed by atoms with Gasteiger partial charge < -0.3 is 19.3 Å². The van der Waals surface area contributed by atoms with Crippen LogP contribution in [0.15, 0.2) is 46.0 Å². The molecule has 2 amide bonds. The summed E-state index contributed by atoms with van der Waals surface area (Å²) >= 11 is 0. The number of hydrogen-bond donors (Lipinski definition) is 1. The van der Waals surface area contributed by atoms with Gasteiger partial charge in [0.2, 0.25) is 24.4 Å². The Kier molecular flexibility index (Phi) is 5.21. The molecule has 3 heterocycles. The highest BCUT2D eigenvalue weighted by Crippen LogP contribution is 2.35. The quantitative estimate of drug-likeness (QED) is 0.633. The van der Waals surface area contributed by atoms with Gasteiger partial charge in [0, 0.05) is 24.1 Å². The Hall–Kier alpha value is -4.28. The van der Waals surface area contributed by atoms with Crippen LogP contribution < -0.4 is 14.8 Å². The minimum Gasteiger partial charge on any atom is -0.454 e. The van der Waals surface area contributed by atoms with Crippen LogP contribution in [0.25, 0.3) is 11.4 Å². The summed E-state index contributed by atoms with van der Waals surface area (Å²) in [5.74, 6) is 0.560. The molecule has 0 atom stereocenters. The highest BCUT2D eigenvalue weighted by atomic mass is 19.1. The lowest BCUT2D eigenvalue weighted by molar-refractivity contribution is -0.135. The second-order valence-corrected chi connectivity index (χ2v) is 7.50. The maximum atomic E-state index is 13.3. The summed E-state index contributed by atoms with van der Waals surface area (Å²) < 4.78 is 29.3. The van der Waals surface area contributed by atoms with E-state index in [-0.39, 0.29) is 31.6 Å². The van der Waals surface area contributed by atoms with Crippen LogP contribution in [0.3, 0.4) is 0 Å². The molecule has 2 aliphatic rings. The number of carbonyl (C=O) groups is 2. The number of anilines is 1. The third-order valence-electron chi connectivity index (χ3n) is 5.16. The maximum absolute atomic E-state index is 13.3. The van der Waals surface area contributed by atoms with Gasteiger partial charge in [0.1, 0.15) is 18.1 Å². The van der Waals surface area contributed by atoms with E-state index in [0.29, 0.717) is 46.3 Å². The third kappa shape index (κ3) is 4.25. The van der Waals surface area contributed by atoms with Crippen molar-refractivity contribution < 1.29 is 28.0 Å². The molecule has 0 saturated carbocycles. The van der Waals surface area contributed by atoms with Gasteiger partial charge in [0.25, 0.3) is 5.89 Å². The molecule has 3 aromatic rings. The summed E-state index contributed by atoms with van der Waals surface area (Å²) in [5, 5.41) is 12.0. The van der Waals surface area contributed by atoms with Crippen LogP contribution in [0.1, 0.15) is 24.3 Å². The summed E-state index contributed by atoms with van der Waals surface area (Å²) in [6, 6.07) is 9.31. The van der Waals surface area contributed by atoms with Crippen LogP contribution in [-0.4, -0.2) is 46.0 Å². The Morgan fingerprint density at radius 3 is 2.85 bits per heavy atom. The number of aryl methyl sites for hydroxylation is 1. The lowest BCUT2D eigenvalue weighted by atomic mass is 10.1. The van der Waals surface area contributed by atoms with Crippen LogP contribution in [0.2, 0.25) is 0 Å². The van der Waals surface area contributed by atoms with Crippen LogP contribution in [0, 0.1) is 12.7 Å². The molecule has 5 rings (SSSR count). The molecule has 0 unspecified atom stereocenters. The first-order valence-electron chi connectivity index (χ1n) is 10.1. The van der Waals surface area contributed by atoms with Crippen molar-refractivity contribution in [2.24, 2.45) is 5.10 Å². The van der Waals surface area contributed by atoms with Gasteiger partial charge in [-0.15, -0.1) is 0 Å². The monoisotopic (exact) mass is 451 g/mol. The average Bonchev–Trinajstić information content (AvgIpc) is 3.46. The van der Waals surface area contributed by atoms with E-state index in [4.69, 9.17) is 14.0 Å². The first-order chi connectivity index (χ1) is 16.0. The SMILES string of the molecule is Cc1cc(F)ccc1NC(=O)CN1N=C(c2nc(-c3ccc4c(c3)OCO4)no2)CCC1=O. The Labute approximate surface area is 187 Å². The highest BCUT2D eigenvalue weighted by molar-refractivity contribution is 6.02. The summed E-state index contributed by atoms with van der Waals surface area (Å²) in [6.45, 7) is 1.53. The van der Waals surface area contributed by atoms with Crippen molar-refractivity contribution >= 4 is 23.2 Å². The first kappa shape index (κ1) is 20.6. The number of amides is 2. The minimum atomic E-state index is -0.463. The van der Waals surface area contributed by atoms with Crippen molar-refractivity contribution in [3.05, 3.63) is 53.7 Å². The van der Waals surface area contributed by atoms with Gasteiger partial charge >= 0.3 is 0 Å². The molecular weight excluding hydrogens is 433 g/mol.